The molecule has 0 radical (unpaired) electrons. The second-order valence-electron chi connectivity index (χ2n) is 4.09. The van der Waals surface area contributed by atoms with Crippen LogP contribution in [0.1, 0.15) is 22.2 Å². The summed E-state index contributed by atoms with van der Waals surface area (Å²) in [7, 11) is 0. The fourth-order valence-electron chi connectivity index (χ4n) is 1.90. The van der Waals surface area contributed by atoms with Crippen molar-refractivity contribution >= 4 is 23.2 Å². The van der Waals surface area contributed by atoms with Gasteiger partial charge in [-0.1, -0.05) is 11.8 Å². The summed E-state index contributed by atoms with van der Waals surface area (Å²) < 4.78 is 0. The normalized spacial score (nSPS) is 18.5. The van der Waals surface area contributed by atoms with Crippen LogP contribution in [0, 0.1) is 11.8 Å². The van der Waals surface area contributed by atoms with Crippen molar-refractivity contribution in [2.75, 3.05) is 19.7 Å². The summed E-state index contributed by atoms with van der Waals surface area (Å²) >= 11 is 1.30. The third-order valence-electron chi connectivity index (χ3n) is 2.92. The Bertz CT molecular complexity index is 556. The Kier molecular flexibility index (Phi) is 4.20. The van der Waals surface area contributed by atoms with E-state index in [1.807, 2.05) is 0 Å². The Morgan fingerprint density at radius 1 is 1.68 bits per heavy atom. The highest BCUT2D eigenvalue weighted by Gasteiger charge is 2.31. The van der Waals surface area contributed by atoms with E-state index in [1.165, 1.54) is 11.3 Å². The lowest BCUT2D eigenvalue weighted by Gasteiger charge is -2.32. The fourth-order valence-corrected chi connectivity index (χ4v) is 2.70. The summed E-state index contributed by atoms with van der Waals surface area (Å²) in [6, 6.07) is 1.27. The van der Waals surface area contributed by atoms with E-state index in [0.29, 0.717) is 23.5 Å². The van der Waals surface area contributed by atoms with Crippen molar-refractivity contribution < 1.29 is 14.7 Å². The minimum absolute atomic E-state index is 0.140. The fraction of sp³-hybridized carbons (Fsp3) is 0.385. The first kappa shape index (κ1) is 13.6. The maximum absolute atomic E-state index is 12.4. The van der Waals surface area contributed by atoms with Gasteiger partial charge in [-0.25, -0.2) is 0 Å². The number of amides is 2. The van der Waals surface area contributed by atoms with Crippen molar-refractivity contribution in [2.45, 2.75) is 13.0 Å². The second-order valence-corrected chi connectivity index (χ2v) is 5.00. The molecule has 1 aromatic rings. The van der Waals surface area contributed by atoms with Crippen molar-refractivity contribution in [3.63, 3.8) is 0 Å². The zero-order chi connectivity index (χ0) is 13.8. The van der Waals surface area contributed by atoms with E-state index in [9.17, 15) is 9.59 Å². The number of carbonyl (C=O) groups is 2. The summed E-state index contributed by atoms with van der Waals surface area (Å²) in [6.45, 7) is 2.43. The summed E-state index contributed by atoms with van der Waals surface area (Å²) in [5, 5.41) is 13.2. The molecule has 1 unspecified atom stereocenters. The van der Waals surface area contributed by atoms with E-state index in [4.69, 9.17) is 5.11 Å². The SMILES string of the molecule is CC1C(=O)NCCN1C(=O)c1sccc1C#CCO. The summed E-state index contributed by atoms with van der Waals surface area (Å²) in [4.78, 5) is 26.1. The molecule has 2 N–H and O–H groups in total. The molecular weight excluding hydrogens is 264 g/mol. The van der Waals surface area contributed by atoms with Crippen molar-refractivity contribution in [3.8, 4) is 11.8 Å². The topological polar surface area (TPSA) is 69.6 Å². The van der Waals surface area contributed by atoms with Gasteiger partial charge in [-0.15, -0.1) is 11.3 Å². The lowest BCUT2D eigenvalue weighted by Crippen LogP contribution is -2.55. The van der Waals surface area contributed by atoms with Crippen LogP contribution in [-0.4, -0.2) is 47.6 Å². The predicted molar refractivity (Wildman–Crippen MR) is 71.8 cm³/mol. The molecule has 0 aromatic carbocycles. The molecule has 1 aliphatic rings. The molecule has 100 valence electrons. The van der Waals surface area contributed by atoms with Crippen molar-refractivity contribution in [1.29, 1.82) is 0 Å². The number of piperazine rings is 1. The number of nitrogens with zero attached hydrogens (tertiary/aromatic N) is 1. The number of hydrogen-bond donors (Lipinski definition) is 2. The Morgan fingerprint density at radius 2 is 2.47 bits per heavy atom. The zero-order valence-electron chi connectivity index (χ0n) is 10.5. The molecule has 2 rings (SSSR count). The van der Waals surface area contributed by atoms with Gasteiger partial charge in [0, 0.05) is 18.7 Å². The molecular formula is C13H14N2O3S. The van der Waals surface area contributed by atoms with E-state index in [1.54, 1.807) is 23.3 Å². The highest BCUT2D eigenvalue weighted by Crippen LogP contribution is 2.20. The van der Waals surface area contributed by atoms with Gasteiger partial charge >= 0.3 is 0 Å². The van der Waals surface area contributed by atoms with E-state index in [2.05, 4.69) is 17.2 Å². The molecule has 0 bridgehead atoms. The molecule has 2 amide bonds. The number of thiophene rings is 1. The van der Waals surface area contributed by atoms with Crippen LogP contribution in [0.4, 0.5) is 0 Å². The van der Waals surface area contributed by atoms with E-state index < -0.39 is 6.04 Å². The van der Waals surface area contributed by atoms with Gasteiger partial charge in [0.05, 0.1) is 0 Å². The maximum Gasteiger partial charge on any atom is 0.265 e. The average Bonchev–Trinajstić information content (AvgIpc) is 2.87. The molecule has 1 saturated heterocycles. The Labute approximate surface area is 115 Å². The van der Waals surface area contributed by atoms with Crippen LogP contribution < -0.4 is 5.32 Å². The molecule has 5 nitrogen and oxygen atoms in total. The highest BCUT2D eigenvalue weighted by atomic mass is 32.1. The van der Waals surface area contributed by atoms with Crippen molar-refractivity contribution in [2.24, 2.45) is 0 Å². The Hall–Kier alpha value is -1.84. The van der Waals surface area contributed by atoms with Gasteiger partial charge in [0.15, 0.2) is 0 Å². The molecule has 19 heavy (non-hydrogen) atoms. The van der Waals surface area contributed by atoms with Gasteiger partial charge in [-0.3, -0.25) is 9.59 Å². The van der Waals surface area contributed by atoms with Gasteiger partial charge in [-0.2, -0.15) is 0 Å². The molecule has 1 fully saturated rings. The summed E-state index contributed by atoms with van der Waals surface area (Å²) in [5.41, 5.74) is 0.599. The van der Waals surface area contributed by atoms with Crippen LogP contribution in [-0.2, 0) is 4.79 Å². The van der Waals surface area contributed by atoms with Gasteiger partial charge in [0.2, 0.25) is 5.91 Å². The number of rotatable bonds is 1. The van der Waals surface area contributed by atoms with Gasteiger partial charge < -0.3 is 15.3 Å². The monoisotopic (exact) mass is 278 g/mol. The van der Waals surface area contributed by atoms with Gasteiger partial charge in [-0.05, 0) is 18.4 Å². The summed E-state index contributed by atoms with van der Waals surface area (Å²) in [6.07, 6.45) is 0. The van der Waals surface area contributed by atoms with Crippen LogP contribution in [0.3, 0.4) is 0 Å². The van der Waals surface area contributed by atoms with Gasteiger partial charge in [0.25, 0.3) is 5.91 Å². The highest BCUT2D eigenvalue weighted by molar-refractivity contribution is 7.12. The first-order valence-corrected chi connectivity index (χ1v) is 6.79. The quantitative estimate of drug-likeness (QED) is 0.713. The minimum Gasteiger partial charge on any atom is -0.384 e. The summed E-state index contributed by atoms with van der Waals surface area (Å²) in [5.74, 6) is 4.96. The third kappa shape index (κ3) is 2.78. The zero-order valence-corrected chi connectivity index (χ0v) is 11.3. The van der Waals surface area contributed by atoms with Crippen molar-refractivity contribution in [1.82, 2.24) is 10.2 Å². The van der Waals surface area contributed by atoms with Crippen LogP contribution in [0.25, 0.3) is 0 Å². The van der Waals surface area contributed by atoms with Crippen molar-refractivity contribution in [3.05, 3.63) is 21.9 Å². The molecule has 1 atom stereocenters. The Morgan fingerprint density at radius 3 is 3.21 bits per heavy atom. The number of hydrogen-bond acceptors (Lipinski definition) is 4. The van der Waals surface area contributed by atoms with Crippen LogP contribution in [0.15, 0.2) is 11.4 Å². The molecule has 0 saturated carbocycles. The van der Waals surface area contributed by atoms with Crippen LogP contribution in [0.5, 0.6) is 0 Å². The standard InChI is InChI=1S/C13H14N2O3S/c1-9-12(17)14-5-6-15(9)13(18)11-10(3-2-7-16)4-8-19-11/h4,8-9,16H,5-7H2,1H3,(H,14,17). The smallest absolute Gasteiger partial charge is 0.265 e. The second kappa shape index (κ2) is 5.87. The lowest BCUT2D eigenvalue weighted by molar-refractivity contribution is -0.127. The molecule has 0 spiro atoms. The minimum atomic E-state index is -0.470. The van der Waals surface area contributed by atoms with E-state index >= 15 is 0 Å². The number of aliphatic hydroxyl groups excluding tert-OH is 1. The lowest BCUT2D eigenvalue weighted by atomic mass is 10.1. The first-order chi connectivity index (χ1) is 9.15. The molecule has 1 aromatic heterocycles. The van der Waals surface area contributed by atoms with E-state index in [-0.39, 0.29) is 18.4 Å². The number of aliphatic hydroxyl groups is 1. The Balaban J connectivity index is 2.24. The average molecular weight is 278 g/mol. The largest absolute Gasteiger partial charge is 0.384 e. The molecule has 1 aliphatic heterocycles. The predicted octanol–water partition coefficient (Wildman–Crippen LogP) is 0.0524. The number of nitrogens with one attached hydrogen (secondary N) is 1. The van der Waals surface area contributed by atoms with Crippen LogP contribution >= 0.6 is 11.3 Å². The van der Waals surface area contributed by atoms with Crippen LogP contribution in [0.2, 0.25) is 0 Å². The van der Waals surface area contributed by atoms with Gasteiger partial charge in [0.1, 0.15) is 17.5 Å². The molecule has 0 aliphatic carbocycles. The van der Waals surface area contributed by atoms with E-state index in [0.717, 1.165) is 0 Å². The number of carbonyl (C=O) groups excluding carboxylic acids is 2. The molecule has 6 heteroatoms. The molecule has 2 heterocycles. The third-order valence-corrected chi connectivity index (χ3v) is 3.82. The first-order valence-electron chi connectivity index (χ1n) is 5.91. The maximum atomic E-state index is 12.4.